The molecule has 1 aliphatic rings. The first-order chi connectivity index (χ1) is 15.3. The van der Waals surface area contributed by atoms with Gasteiger partial charge in [0.15, 0.2) is 11.6 Å². The second-order valence-electron chi connectivity index (χ2n) is 8.50. The number of aliphatic hydroxyl groups is 1. The van der Waals surface area contributed by atoms with Crippen molar-refractivity contribution in [1.29, 1.82) is 0 Å². The van der Waals surface area contributed by atoms with Crippen LogP contribution in [0.2, 0.25) is 0 Å². The molecule has 1 saturated carbocycles. The fraction of sp³-hybridized carbons (Fsp3) is 0.222. The lowest BCUT2D eigenvalue weighted by Crippen LogP contribution is -2.54. The van der Waals surface area contributed by atoms with Gasteiger partial charge in [-0.3, -0.25) is 14.4 Å². The van der Waals surface area contributed by atoms with E-state index in [0.29, 0.717) is 16.7 Å². The van der Waals surface area contributed by atoms with Crippen LogP contribution >= 0.6 is 0 Å². The fourth-order valence-electron chi connectivity index (χ4n) is 4.77. The number of hydrogen-bond acceptors (Lipinski definition) is 4. The van der Waals surface area contributed by atoms with Gasteiger partial charge in [-0.15, -0.1) is 0 Å². The number of carbonyl (C=O) groups is 3. The Morgan fingerprint density at radius 2 is 1.44 bits per heavy atom. The van der Waals surface area contributed by atoms with E-state index >= 15 is 0 Å². The van der Waals surface area contributed by atoms with Gasteiger partial charge >= 0.3 is 0 Å². The summed E-state index contributed by atoms with van der Waals surface area (Å²) >= 11 is 0. The minimum absolute atomic E-state index is 0.333. The van der Waals surface area contributed by atoms with Crippen LogP contribution < -0.4 is 0 Å². The first-order valence-electron chi connectivity index (χ1n) is 10.5. The molecule has 162 valence electrons. The molecule has 1 aliphatic carbocycles. The molecule has 1 N–H and O–H groups in total. The highest BCUT2D eigenvalue weighted by Gasteiger charge is 2.55. The average molecular weight is 430 g/mol. The van der Waals surface area contributed by atoms with Crippen LogP contribution in [0.5, 0.6) is 0 Å². The third-order valence-electron chi connectivity index (χ3n) is 6.18. The Labute approximate surface area is 185 Å². The van der Waals surface area contributed by atoms with E-state index in [1.807, 2.05) is 0 Å². The van der Waals surface area contributed by atoms with Gasteiger partial charge in [0.05, 0.1) is 17.4 Å². The van der Waals surface area contributed by atoms with Gasteiger partial charge in [-0.2, -0.15) is 0 Å². The Morgan fingerprint density at radius 3 is 2.00 bits per heavy atom. The summed E-state index contributed by atoms with van der Waals surface area (Å²) in [6.07, 6.45) is -0.342. The molecule has 0 aromatic heterocycles. The molecule has 3 aromatic carbocycles. The predicted octanol–water partition coefficient (Wildman–Crippen LogP) is 4.63. The zero-order chi connectivity index (χ0) is 22.9. The number of Topliss-reactive ketones (excluding diaryl/α,β-unsaturated/α-hetero) is 3. The highest BCUT2D eigenvalue weighted by molar-refractivity contribution is 6.13. The zero-order valence-corrected chi connectivity index (χ0v) is 17.6. The van der Waals surface area contributed by atoms with Gasteiger partial charge in [0.25, 0.3) is 0 Å². The normalized spacial score (nSPS) is 25.3. The third kappa shape index (κ3) is 4.04. The maximum atomic E-state index is 14.2. The summed E-state index contributed by atoms with van der Waals surface area (Å²) < 4.78 is 14.2. The molecule has 4 atom stereocenters. The molecule has 1 fully saturated rings. The highest BCUT2D eigenvalue weighted by atomic mass is 19.1. The molecule has 0 spiro atoms. The number of halogens is 1. The van der Waals surface area contributed by atoms with E-state index in [0.717, 1.165) is 0 Å². The molecule has 0 unspecified atom stereocenters. The lowest BCUT2D eigenvalue weighted by Gasteiger charge is -2.45. The summed E-state index contributed by atoms with van der Waals surface area (Å²) in [5.74, 6) is -5.16. The smallest absolute Gasteiger partial charge is 0.173 e. The summed E-state index contributed by atoms with van der Waals surface area (Å²) in [5, 5.41) is 11.3. The van der Waals surface area contributed by atoms with Crippen molar-refractivity contribution in [3.05, 3.63) is 107 Å². The maximum Gasteiger partial charge on any atom is 0.173 e. The van der Waals surface area contributed by atoms with Crippen LogP contribution in [0.4, 0.5) is 4.39 Å². The summed E-state index contributed by atoms with van der Waals surface area (Å²) in [6, 6.07) is 22.4. The van der Waals surface area contributed by atoms with E-state index in [2.05, 4.69) is 0 Å². The molecule has 4 nitrogen and oxygen atoms in total. The van der Waals surface area contributed by atoms with Crippen molar-refractivity contribution in [3.63, 3.8) is 0 Å². The van der Waals surface area contributed by atoms with Crippen molar-refractivity contribution >= 4 is 17.3 Å². The Balaban J connectivity index is 1.90. The number of hydrogen-bond donors (Lipinski definition) is 1. The molecule has 0 saturated heterocycles. The van der Waals surface area contributed by atoms with Gasteiger partial charge in [0, 0.05) is 23.5 Å². The molecule has 0 aliphatic heterocycles. The minimum atomic E-state index is -1.70. The molecule has 0 radical (unpaired) electrons. The molecule has 4 rings (SSSR count). The first-order valence-corrected chi connectivity index (χ1v) is 10.5. The topological polar surface area (TPSA) is 71.4 Å². The van der Waals surface area contributed by atoms with Crippen LogP contribution in [0, 0.1) is 17.7 Å². The highest BCUT2D eigenvalue weighted by Crippen LogP contribution is 2.48. The number of benzene rings is 3. The first kappa shape index (κ1) is 21.8. The van der Waals surface area contributed by atoms with E-state index in [-0.39, 0.29) is 12.2 Å². The van der Waals surface area contributed by atoms with Crippen LogP contribution in [0.25, 0.3) is 0 Å². The Hall–Kier alpha value is -3.44. The van der Waals surface area contributed by atoms with Gasteiger partial charge < -0.3 is 5.11 Å². The SMILES string of the molecule is C[C@@]1(O)CC(=O)[C@H](C(=O)c2ccccc2)[C@H](c2cccc(F)c2)[C@@H]1C(=O)c1ccccc1. The fourth-order valence-corrected chi connectivity index (χ4v) is 4.77. The monoisotopic (exact) mass is 430 g/mol. The summed E-state index contributed by atoms with van der Waals surface area (Å²) in [6.45, 7) is 1.44. The van der Waals surface area contributed by atoms with Gasteiger partial charge in [-0.05, 0) is 24.6 Å². The number of carbonyl (C=O) groups excluding carboxylic acids is 3. The van der Waals surface area contributed by atoms with Crippen LogP contribution in [0.3, 0.4) is 0 Å². The van der Waals surface area contributed by atoms with E-state index in [9.17, 15) is 23.9 Å². The molecule has 5 heteroatoms. The standard InChI is InChI=1S/C27H23FO4/c1-27(32)16-21(29)23(25(30)17-9-4-2-5-10-17)22(19-13-8-14-20(28)15-19)24(27)26(31)18-11-6-3-7-12-18/h2-15,22-24,32H,16H2,1H3/t22-,23-,24+,27+/m0/s1. The summed E-state index contributed by atoms with van der Waals surface area (Å²) in [4.78, 5) is 40.3. The van der Waals surface area contributed by atoms with E-state index < -0.39 is 40.7 Å². The van der Waals surface area contributed by atoms with Crippen LogP contribution in [-0.2, 0) is 4.79 Å². The number of rotatable bonds is 5. The second-order valence-corrected chi connectivity index (χ2v) is 8.50. The molecular weight excluding hydrogens is 407 g/mol. The van der Waals surface area contributed by atoms with Crippen molar-refractivity contribution in [2.75, 3.05) is 0 Å². The third-order valence-corrected chi connectivity index (χ3v) is 6.18. The lowest BCUT2D eigenvalue weighted by atomic mass is 9.58. The Morgan fingerprint density at radius 1 is 0.875 bits per heavy atom. The van der Waals surface area contributed by atoms with Crippen molar-refractivity contribution in [1.82, 2.24) is 0 Å². The van der Waals surface area contributed by atoms with Gasteiger partial charge in [0.2, 0.25) is 0 Å². The summed E-state index contributed by atoms with van der Waals surface area (Å²) in [5.41, 5.74) is -0.671. The Kier molecular flexibility index (Phi) is 5.85. The van der Waals surface area contributed by atoms with E-state index in [1.54, 1.807) is 66.7 Å². The maximum absolute atomic E-state index is 14.2. The van der Waals surface area contributed by atoms with Crippen molar-refractivity contribution in [2.24, 2.45) is 11.8 Å². The molecule has 0 amide bonds. The number of ketones is 3. The van der Waals surface area contributed by atoms with E-state index in [4.69, 9.17) is 0 Å². The van der Waals surface area contributed by atoms with Crippen LogP contribution in [0.1, 0.15) is 45.5 Å². The average Bonchev–Trinajstić information content (AvgIpc) is 2.78. The zero-order valence-electron chi connectivity index (χ0n) is 17.6. The van der Waals surface area contributed by atoms with Crippen molar-refractivity contribution < 1.29 is 23.9 Å². The van der Waals surface area contributed by atoms with Gasteiger partial charge in [-0.25, -0.2) is 4.39 Å². The Bertz CT molecular complexity index is 1150. The van der Waals surface area contributed by atoms with Crippen LogP contribution in [-0.4, -0.2) is 28.1 Å². The van der Waals surface area contributed by atoms with Gasteiger partial charge in [-0.1, -0.05) is 72.8 Å². The van der Waals surface area contributed by atoms with Crippen molar-refractivity contribution in [3.8, 4) is 0 Å². The molecule has 32 heavy (non-hydrogen) atoms. The van der Waals surface area contributed by atoms with E-state index in [1.165, 1.54) is 25.1 Å². The molecule has 0 bridgehead atoms. The largest absolute Gasteiger partial charge is 0.389 e. The van der Waals surface area contributed by atoms with Gasteiger partial charge in [0.1, 0.15) is 11.6 Å². The second kappa shape index (κ2) is 8.60. The van der Waals surface area contributed by atoms with Crippen LogP contribution in [0.15, 0.2) is 84.9 Å². The molecular formula is C27H23FO4. The molecule has 3 aromatic rings. The lowest BCUT2D eigenvalue weighted by molar-refractivity contribution is -0.134. The minimum Gasteiger partial charge on any atom is -0.389 e. The quantitative estimate of drug-likeness (QED) is 0.473. The summed E-state index contributed by atoms with van der Waals surface area (Å²) in [7, 11) is 0. The van der Waals surface area contributed by atoms with Crippen molar-refractivity contribution in [2.45, 2.75) is 24.9 Å². The molecule has 0 heterocycles. The predicted molar refractivity (Wildman–Crippen MR) is 118 cm³/mol.